The van der Waals surface area contributed by atoms with Crippen LogP contribution in [0, 0.1) is 0 Å². The molecule has 2 atom stereocenters. The number of hydrogen-bond acceptors (Lipinski definition) is 8. The lowest BCUT2D eigenvalue weighted by molar-refractivity contribution is -0.474. The van der Waals surface area contributed by atoms with Gasteiger partial charge in [0.1, 0.15) is 12.2 Å². The predicted octanol–water partition coefficient (Wildman–Crippen LogP) is 1.20. The molecule has 0 aliphatic carbocycles. The smallest absolute Gasteiger partial charge is 0.261 e. The summed E-state index contributed by atoms with van der Waals surface area (Å²) in [5.41, 5.74) is 0. The molecule has 0 bridgehead atoms. The minimum absolute atomic E-state index is 0.0493. The maximum absolute atomic E-state index is 9.19. The van der Waals surface area contributed by atoms with Crippen molar-refractivity contribution in [3.8, 4) is 0 Å². The molecule has 0 spiro atoms. The molecule has 2 N–H and O–H groups in total. The Bertz CT molecular complexity index is 449. The molecule has 0 amide bonds. The van der Waals surface area contributed by atoms with E-state index in [1.165, 1.54) is 0 Å². The van der Waals surface area contributed by atoms with Gasteiger partial charge in [0.15, 0.2) is 0 Å². The van der Waals surface area contributed by atoms with Gasteiger partial charge in [-0.25, -0.2) is 9.78 Å². The van der Waals surface area contributed by atoms with Crippen molar-refractivity contribution in [2.45, 2.75) is 58.5 Å². The van der Waals surface area contributed by atoms with Crippen LogP contribution in [0.4, 0.5) is 0 Å². The van der Waals surface area contributed by atoms with Crippen LogP contribution >= 0.6 is 0 Å². The Kier molecular flexibility index (Phi) is 11.4. The van der Waals surface area contributed by atoms with Crippen molar-refractivity contribution in [1.82, 2.24) is 0 Å². The van der Waals surface area contributed by atoms with Gasteiger partial charge in [-0.1, -0.05) is 13.8 Å². The molecule has 1 heterocycles. The van der Waals surface area contributed by atoms with Crippen LogP contribution in [-0.2, 0) is 39.8 Å². The summed E-state index contributed by atoms with van der Waals surface area (Å²) in [4.78, 5) is 20.6. The molecule has 23 heavy (non-hydrogen) atoms. The summed E-state index contributed by atoms with van der Waals surface area (Å²) in [6.07, 6.45) is 3.02. The summed E-state index contributed by atoms with van der Waals surface area (Å²) in [7, 11) is -7.33. The van der Waals surface area contributed by atoms with Crippen molar-refractivity contribution in [3.05, 3.63) is 0 Å². The summed E-state index contributed by atoms with van der Waals surface area (Å²) in [6.45, 7) is 7.55. The highest BCUT2D eigenvalue weighted by Crippen LogP contribution is 2.24. The van der Waals surface area contributed by atoms with Crippen molar-refractivity contribution < 1.29 is 45.5 Å². The quantitative estimate of drug-likeness (QED) is 0.527. The van der Waals surface area contributed by atoms with E-state index in [0.29, 0.717) is 12.5 Å². The van der Waals surface area contributed by atoms with E-state index in [-0.39, 0.29) is 12.2 Å². The molecule has 0 aromatic rings. The number of hydrogen-bond donors (Lipinski definition) is 2. The van der Waals surface area contributed by atoms with Crippen LogP contribution in [0.5, 0.6) is 0 Å². The molecule has 0 aromatic carbocycles. The average Bonchev–Trinajstić information content (AvgIpc) is 2.43. The first kappa shape index (κ1) is 24.9. The van der Waals surface area contributed by atoms with Crippen molar-refractivity contribution in [2.75, 3.05) is 12.5 Å². The maximum Gasteiger partial charge on any atom is 0.261 e. The largest absolute Gasteiger partial charge is 0.286 e. The van der Waals surface area contributed by atoms with E-state index in [2.05, 4.69) is 0 Å². The fourth-order valence-electron chi connectivity index (χ4n) is 1.16. The van der Waals surface area contributed by atoms with Crippen LogP contribution in [0.1, 0.15) is 40.5 Å². The molecule has 142 valence electrons. The zero-order chi connectivity index (χ0) is 18.9. The average molecular weight is 382 g/mol. The Morgan fingerprint density at radius 1 is 0.826 bits per heavy atom. The van der Waals surface area contributed by atoms with Gasteiger partial charge in [-0.2, -0.15) is 26.6 Å². The zero-order valence-corrected chi connectivity index (χ0v) is 15.7. The topological polar surface area (TPSA) is 146 Å². The van der Waals surface area contributed by atoms with Gasteiger partial charge in [0.05, 0.1) is 12.5 Å². The minimum atomic E-state index is -3.67. The zero-order valence-electron chi connectivity index (χ0n) is 14.0. The second-order valence-corrected chi connectivity index (χ2v) is 8.05. The van der Waals surface area contributed by atoms with Crippen molar-refractivity contribution in [1.29, 1.82) is 0 Å². The normalized spacial score (nSPS) is 24.3. The summed E-state index contributed by atoms with van der Waals surface area (Å²) in [5, 5.41) is 0. The third-order valence-electron chi connectivity index (χ3n) is 1.96. The number of rotatable bonds is 2. The molecule has 1 fully saturated rings. The van der Waals surface area contributed by atoms with E-state index in [0.717, 1.165) is 12.8 Å². The highest BCUT2D eigenvalue weighted by Gasteiger charge is 2.33. The summed E-state index contributed by atoms with van der Waals surface area (Å²) < 4.78 is 51.7. The van der Waals surface area contributed by atoms with Gasteiger partial charge in [-0.3, -0.25) is 9.11 Å². The van der Waals surface area contributed by atoms with Gasteiger partial charge in [0.2, 0.25) is 5.79 Å². The van der Waals surface area contributed by atoms with Crippen molar-refractivity contribution >= 4 is 20.2 Å². The van der Waals surface area contributed by atoms with E-state index in [1.807, 2.05) is 13.8 Å². The van der Waals surface area contributed by atoms with Crippen LogP contribution in [0.15, 0.2) is 0 Å². The molecule has 1 aliphatic heterocycles. The molecular formula is C11H26O10S2. The van der Waals surface area contributed by atoms with Crippen LogP contribution in [0.3, 0.4) is 0 Å². The van der Waals surface area contributed by atoms with Crippen LogP contribution < -0.4 is 0 Å². The molecule has 0 radical (unpaired) electrons. The Hall–Kier alpha value is -0.340. The fourth-order valence-corrected chi connectivity index (χ4v) is 1.16. The molecule has 10 nitrogen and oxygen atoms in total. The summed E-state index contributed by atoms with van der Waals surface area (Å²) >= 11 is 0. The first-order chi connectivity index (χ1) is 10.1. The molecule has 12 heteroatoms. The standard InChI is InChI=1S/C9H18O4.2CH4O3S/c1-5-7-8(6-2)11-13-9(3,4)12-10-7;2*1-5(2,3)4/h7-8H,5-6H2,1-4H3;2*1H3,(H,2,3,4)/t7-,8-;;/m0../s1. The third-order valence-corrected chi connectivity index (χ3v) is 1.96. The lowest BCUT2D eigenvalue weighted by atomic mass is 10.1. The Morgan fingerprint density at radius 3 is 1.22 bits per heavy atom. The molecule has 0 unspecified atom stereocenters. The maximum atomic E-state index is 9.19. The molecule has 1 rings (SSSR count). The highest BCUT2D eigenvalue weighted by molar-refractivity contribution is 7.85. The Balaban J connectivity index is 0. The van der Waals surface area contributed by atoms with Gasteiger partial charge < -0.3 is 0 Å². The second kappa shape index (κ2) is 10.5. The van der Waals surface area contributed by atoms with Gasteiger partial charge in [0.25, 0.3) is 20.2 Å². The Morgan fingerprint density at radius 2 is 1.04 bits per heavy atom. The predicted molar refractivity (Wildman–Crippen MR) is 81.5 cm³/mol. The molecular weight excluding hydrogens is 356 g/mol. The van der Waals surface area contributed by atoms with E-state index in [4.69, 9.17) is 28.7 Å². The highest BCUT2D eigenvalue weighted by atomic mass is 32.2. The van der Waals surface area contributed by atoms with E-state index in [9.17, 15) is 16.8 Å². The van der Waals surface area contributed by atoms with Crippen molar-refractivity contribution in [3.63, 3.8) is 0 Å². The van der Waals surface area contributed by atoms with Gasteiger partial charge in [-0.05, 0) is 26.7 Å². The van der Waals surface area contributed by atoms with Crippen LogP contribution in [0.2, 0.25) is 0 Å². The summed E-state index contributed by atoms with van der Waals surface area (Å²) in [5.74, 6) is -0.822. The SMILES string of the molecule is CC[C@@H]1OOC(C)(C)OO[C@H]1CC.CS(=O)(=O)O.CS(=O)(=O)O. The summed E-state index contributed by atoms with van der Waals surface area (Å²) in [6, 6.07) is 0. The lowest BCUT2D eigenvalue weighted by Gasteiger charge is -2.18. The second-order valence-electron chi connectivity index (χ2n) is 5.12. The molecule has 0 saturated carbocycles. The first-order valence-corrected chi connectivity index (χ1v) is 10.3. The van der Waals surface area contributed by atoms with Crippen molar-refractivity contribution in [2.24, 2.45) is 0 Å². The third kappa shape index (κ3) is 21.7. The molecule has 0 aromatic heterocycles. The van der Waals surface area contributed by atoms with Crippen LogP contribution in [0.25, 0.3) is 0 Å². The van der Waals surface area contributed by atoms with Gasteiger partial charge >= 0.3 is 0 Å². The van der Waals surface area contributed by atoms with Gasteiger partial charge in [-0.15, -0.1) is 0 Å². The Labute approximate surface area is 137 Å². The van der Waals surface area contributed by atoms with E-state index in [1.54, 1.807) is 13.8 Å². The van der Waals surface area contributed by atoms with E-state index < -0.39 is 26.0 Å². The minimum Gasteiger partial charge on any atom is -0.286 e. The molecule has 1 aliphatic rings. The lowest BCUT2D eigenvalue weighted by Crippen LogP contribution is -2.27. The molecule has 1 saturated heterocycles. The first-order valence-electron chi connectivity index (χ1n) is 6.63. The monoisotopic (exact) mass is 382 g/mol. The fraction of sp³-hybridized carbons (Fsp3) is 1.00. The van der Waals surface area contributed by atoms with Crippen LogP contribution in [-0.4, -0.2) is 56.4 Å². The van der Waals surface area contributed by atoms with E-state index >= 15 is 0 Å². The van der Waals surface area contributed by atoms with Gasteiger partial charge in [0, 0.05) is 0 Å².